The van der Waals surface area contributed by atoms with E-state index in [2.05, 4.69) is 0 Å². The number of benzene rings is 1. The Bertz CT molecular complexity index is 442. The summed E-state index contributed by atoms with van der Waals surface area (Å²) in [4.78, 5) is 25.0. The van der Waals surface area contributed by atoms with Crippen molar-refractivity contribution in [2.24, 2.45) is 5.92 Å². The number of carboxylic acid groups (broad SMARTS) is 1. The molecule has 0 fully saturated rings. The molecule has 1 rings (SSSR count). The summed E-state index contributed by atoms with van der Waals surface area (Å²) in [7, 11) is 0. The first kappa shape index (κ1) is 16.2. The molecule has 1 N–H and O–H groups in total. The van der Waals surface area contributed by atoms with Crippen LogP contribution < -0.4 is 0 Å². The quantitative estimate of drug-likeness (QED) is 0.833. The van der Waals surface area contributed by atoms with Crippen LogP contribution in [0.5, 0.6) is 0 Å². The molecule has 1 unspecified atom stereocenters. The summed E-state index contributed by atoms with van der Waals surface area (Å²) in [6.45, 7) is 6.15. The molecule has 1 aromatic rings. The first-order valence-electron chi connectivity index (χ1n) is 7.02. The highest BCUT2D eigenvalue weighted by Crippen LogP contribution is 2.26. The second-order valence-electron chi connectivity index (χ2n) is 5.29. The Labute approximate surface area is 120 Å². The maximum absolute atomic E-state index is 12.7. The standard InChI is InChI=1S/C16H23NO3/c1-4-10-17(11-14(18)19)16(20)15(12(2)3)13-8-6-5-7-9-13/h5-9,12,15H,4,10-11H2,1-3H3,(H,18,19). The van der Waals surface area contributed by atoms with E-state index >= 15 is 0 Å². The molecule has 0 heterocycles. The molecule has 1 aromatic carbocycles. The maximum Gasteiger partial charge on any atom is 0.323 e. The number of amides is 1. The molecular weight excluding hydrogens is 254 g/mol. The molecule has 1 amide bonds. The van der Waals surface area contributed by atoms with Gasteiger partial charge in [0.25, 0.3) is 0 Å². The van der Waals surface area contributed by atoms with Gasteiger partial charge in [0, 0.05) is 6.54 Å². The van der Waals surface area contributed by atoms with Crippen molar-refractivity contribution < 1.29 is 14.7 Å². The molecule has 0 aromatic heterocycles. The van der Waals surface area contributed by atoms with E-state index in [1.807, 2.05) is 51.1 Å². The molecule has 0 bridgehead atoms. The lowest BCUT2D eigenvalue weighted by Gasteiger charge is -2.28. The van der Waals surface area contributed by atoms with Crippen LogP contribution in [-0.2, 0) is 9.59 Å². The number of hydrogen-bond acceptors (Lipinski definition) is 2. The smallest absolute Gasteiger partial charge is 0.323 e. The lowest BCUT2D eigenvalue weighted by Crippen LogP contribution is -2.40. The molecule has 0 radical (unpaired) electrons. The van der Waals surface area contributed by atoms with Crippen LogP contribution in [0.25, 0.3) is 0 Å². The fraction of sp³-hybridized carbons (Fsp3) is 0.500. The number of carbonyl (C=O) groups excluding carboxylic acids is 1. The molecule has 1 atom stereocenters. The Morgan fingerprint density at radius 3 is 2.25 bits per heavy atom. The van der Waals surface area contributed by atoms with E-state index < -0.39 is 5.97 Å². The summed E-state index contributed by atoms with van der Waals surface area (Å²) in [5.41, 5.74) is 0.944. The van der Waals surface area contributed by atoms with Crippen molar-refractivity contribution in [3.8, 4) is 0 Å². The summed E-state index contributed by atoms with van der Waals surface area (Å²) >= 11 is 0. The fourth-order valence-corrected chi connectivity index (χ4v) is 2.37. The molecule has 0 saturated heterocycles. The van der Waals surface area contributed by atoms with E-state index in [1.165, 1.54) is 4.90 Å². The van der Waals surface area contributed by atoms with Crippen LogP contribution in [0.3, 0.4) is 0 Å². The molecule has 0 aliphatic carbocycles. The lowest BCUT2D eigenvalue weighted by atomic mass is 9.87. The topological polar surface area (TPSA) is 57.6 Å². The Balaban J connectivity index is 3.00. The van der Waals surface area contributed by atoms with Crippen molar-refractivity contribution in [2.75, 3.05) is 13.1 Å². The predicted molar refractivity (Wildman–Crippen MR) is 78.5 cm³/mol. The number of aliphatic carboxylic acids is 1. The Kier molecular flexibility index (Phi) is 6.22. The van der Waals surface area contributed by atoms with Crippen molar-refractivity contribution in [3.63, 3.8) is 0 Å². The third kappa shape index (κ3) is 4.37. The van der Waals surface area contributed by atoms with Gasteiger partial charge < -0.3 is 10.0 Å². The fourth-order valence-electron chi connectivity index (χ4n) is 2.37. The number of hydrogen-bond donors (Lipinski definition) is 1. The largest absolute Gasteiger partial charge is 0.480 e. The van der Waals surface area contributed by atoms with Gasteiger partial charge >= 0.3 is 5.97 Å². The van der Waals surface area contributed by atoms with Crippen LogP contribution in [0.2, 0.25) is 0 Å². The Hall–Kier alpha value is -1.84. The summed E-state index contributed by atoms with van der Waals surface area (Å²) in [6.07, 6.45) is 0.749. The van der Waals surface area contributed by atoms with E-state index in [0.29, 0.717) is 6.54 Å². The highest BCUT2D eigenvalue weighted by atomic mass is 16.4. The van der Waals surface area contributed by atoms with Gasteiger partial charge in [-0.2, -0.15) is 0 Å². The minimum absolute atomic E-state index is 0.101. The molecule has 0 aliphatic heterocycles. The van der Waals surface area contributed by atoms with Crippen molar-refractivity contribution >= 4 is 11.9 Å². The van der Waals surface area contributed by atoms with Gasteiger partial charge in [0.15, 0.2) is 0 Å². The highest BCUT2D eigenvalue weighted by Gasteiger charge is 2.29. The Morgan fingerprint density at radius 2 is 1.80 bits per heavy atom. The average Bonchev–Trinajstić information content (AvgIpc) is 2.38. The second-order valence-corrected chi connectivity index (χ2v) is 5.29. The van der Waals surface area contributed by atoms with Gasteiger partial charge in [-0.05, 0) is 17.9 Å². The van der Waals surface area contributed by atoms with Crippen molar-refractivity contribution in [2.45, 2.75) is 33.1 Å². The van der Waals surface area contributed by atoms with E-state index in [-0.39, 0.29) is 24.3 Å². The van der Waals surface area contributed by atoms with Crippen LogP contribution in [0.15, 0.2) is 30.3 Å². The summed E-state index contributed by atoms with van der Waals surface area (Å²) in [6, 6.07) is 9.56. The molecule has 0 aliphatic rings. The van der Waals surface area contributed by atoms with Crippen LogP contribution in [0, 0.1) is 5.92 Å². The molecule has 0 saturated carbocycles. The third-order valence-corrected chi connectivity index (χ3v) is 3.22. The number of carboxylic acids is 1. The minimum Gasteiger partial charge on any atom is -0.480 e. The lowest BCUT2D eigenvalue weighted by molar-refractivity contribution is -0.145. The van der Waals surface area contributed by atoms with Crippen LogP contribution in [0.4, 0.5) is 0 Å². The van der Waals surface area contributed by atoms with Crippen LogP contribution in [-0.4, -0.2) is 35.0 Å². The predicted octanol–water partition coefficient (Wildman–Crippen LogP) is 2.75. The van der Waals surface area contributed by atoms with E-state index in [4.69, 9.17) is 5.11 Å². The zero-order valence-electron chi connectivity index (χ0n) is 12.4. The van der Waals surface area contributed by atoms with Gasteiger partial charge in [0.1, 0.15) is 6.54 Å². The van der Waals surface area contributed by atoms with Crippen LogP contribution >= 0.6 is 0 Å². The number of rotatable bonds is 7. The average molecular weight is 277 g/mol. The van der Waals surface area contributed by atoms with Gasteiger partial charge in [-0.15, -0.1) is 0 Å². The second kappa shape index (κ2) is 7.68. The van der Waals surface area contributed by atoms with Gasteiger partial charge in [-0.25, -0.2) is 0 Å². The SMILES string of the molecule is CCCN(CC(=O)O)C(=O)C(c1ccccc1)C(C)C. The highest BCUT2D eigenvalue weighted by molar-refractivity contribution is 5.87. The van der Waals surface area contributed by atoms with Gasteiger partial charge in [-0.3, -0.25) is 9.59 Å². The number of nitrogens with zero attached hydrogens (tertiary/aromatic N) is 1. The van der Waals surface area contributed by atoms with E-state index in [1.54, 1.807) is 0 Å². The van der Waals surface area contributed by atoms with Crippen molar-refractivity contribution in [1.82, 2.24) is 4.90 Å². The normalized spacial score (nSPS) is 12.2. The van der Waals surface area contributed by atoms with E-state index in [9.17, 15) is 9.59 Å². The molecule has 110 valence electrons. The molecule has 20 heavy (non-hydrogen) atoms. The maximum atomic E-state index is 12.7. The molecular formula is C16H23NO3. The van der Waals surface area contributed by atoms with Crippen LogP contribution in [0.1, 0.15) is 38.7 Å². The van der Waals surface area contributed by atoms with Gasteiger partial charge in [0.05, 0.1) is 5.92 Å². The number of carbonyl (C=O) groups is 2. The minimum atomic E-state index is -0.970. The zero-order valence-corrected chi connectivity index (χ0v) is 12.4. The van der Waals surface area contributed by atoms with Crippen molar-refractivity contribution in [3.05, 3.63) is 35.9 Å². The third-order valence-electron chi connectivity index (χ3n) is 3.22. The van der Waals surface area contributed by atoms with Gasteiger partial charge in [0.2, 0.25) is 5.91 Å². The Morgan fingerprint density at radius 1 is 1.20 bits per heavy atom. The summed E-state index contributed by atoms with van der Waals surface area (Å²) in [5.74, 6) is -1.24. The first-order valence-corrected chi connectivity index (χ1v) is 7.02. The zero-order chi connectivity index (χ0) is 15.1. The monoisotopic (exact) mass is 277 g/mol. The van der Waals surface area contributed by atoms with Crippen molar-refractivity contribution in [1.29, 1.82) is 0 Å². The summed E-state index contributed by atoms with van der Waals surface area (Å²) < 4.78 is 0. The molecule has 0 spiro atoms. The summed E-state index contributed by atoms with van der Waals surface area (Å²) in [5, 5.41) is 8.96. The molecule has 4 heteroatoms. The van der Waals surface area contributed by atoms with Gasteiger partial charge in [-0.1, -0.05) is 51.1 Å². The van der Waals surface area contributed by atoms with E-state index in [0.717, 1.165) is 12.0 Å². The molecule has 4 nitrogen and oxygen atoms in total. The first-order chi connectivity index (χ1) is 9.47.